The molecule has 0 atom stereocenters. The van der Waals surface area contributed by atoms with Crippen LogP contribution in [0.1, 0.15) is 5.56 Å². The van der Waals surface area contributed by atoms with Crippen LogP contribution in [0.5, 0.6) is 5.75 Å². The number of hydrogen-bond acceptors (Lipinski definition) is 8. The standard InChI is InChI=1S/C28H30N8O2/c1-6-27(37)31-21-16-22(26(38-5)17-24(21)35(4)14-13-34(2)3)33-28-30-11-10-20(32-28)25-15-19(18-29)23-9-7-8-12-36(23)25/h6-12,15-17H,1,13-14H2,2-5H3,(H,31,37)(H,30,32,33). The first-order valence-corrected chi connectivity index (χ1v) is 12.0. The summed E-state index contributed by atoms with van der Waals surface area (Å²) in [5, 5.41) is 15.7. The van der Waals surface area contributed by atoms with Gasteiger partial charge in [-0.1, -0.05) is 12.6 Å². The van der Waals surface area contributed by atoms with Crippen LogP contribution in [0.25, 0.3) is 16.9 Å². The smallest absolute Gasteiger partial charge is 0.247 e. The number of hydrogen-bond donors (Lipinski definition) is 2. The second-order valence-electron chi connectivity index (χ2n) is 8.89. The molecule has 0 saturated heterocycles. The summed E-state index contributed by atoms with van der Waals surface area (Å²) in [5.41, 5.74) is 4.74. The van der Waals surface area contributed by atoms with Crippen LogP contribution in [0.4, 0.5) is 23.0 Å². The number of carbonyl (C=O) groups is 1. The fourth-order valence-corrected chi connectivity index (χ4v) is 4.03. The van der Waals surface area contributed by atoms with Gasteiger partial charge in [-0.3, -0.25) is 4.79 Å². The number of fused-ring (bicyclic) bond motifs is 1. The topological polar surface area (TPSA) is 111 Å². The predicted molar refractivity (Wildman–Crippen MR) is 150 cm³/mol. The molecule has 4 aromatic rings. The van der Waals surface area contributed by atoms with Gasteiger partial charge in [-0.05, 0) is 50.5 Å². The Bertz CT molecular complexity index is 1520. The van der Waals surface area contributed by atoms with Crippen molar-refractivity contribution in [3.05, 3.63) is 73.1 Å². The summed E-state index contributed by atoms with van der Waals surface area (Å²) in [7, 11) is 7.56. The lowest BCUT2D eigenvalue weighted by molar-refractivity contribution is -0.111. The van der Waals surface area contributed by atoms with Crippen LogP contribution in [0.15, 0.2) is 67.5 Å². The van der Waals surface area contributed by atoms with Gasteiger partial charge in [0.05, 0.1) is 46.6 Å². The number of amides is 1. The number of anilines is 4. The Labute approximate surface area is 221 Å². The van der Waals surface area contributed by atoms with Crippen molar-refractivity contribution in [2.24, 2.45) is 0 Å². The second kappa shape index (κ2) is 11.5. The number of nitriles is 1. The van der Waals surface area contributed by atoms with Crippen molar-refractivity contribution >= 4 is 34.4 Å². The molecule has 0 saturated carbocycles. The van der Waals surface area contributed by atoms with Crippen LogP contribution in [0.3, 0.4) is 0 Å². The molecule has 3 aromatic heterocycles. The SMILES string of the molecule is C=CC(=O)Nc1cc(Nc2nccc(-c3cc(C#N)c4ccccn34)n2)c(OC)cc1N(C)CCN(C)C. The number of nitrogens with one attached hydrogen (secondary N) is 2. The van der Waals surface area contributed by atoms with E-state index in [1.807, 2.05) is 67.0 Å². The first-order valence-electron chi connectivity index (χ1n) is 12.0. The third kappa shape index (κ3) is 5.58. The minimum Gasteiger partial charge on any atom is -0.494 e. The molecule has 10 heteroatoms. The van der Waals surface area contributed by atoms with Gasteiger partial charge in [-0.15, -0.1) is 0 Å². The Hall–Kier alpha value is -4.88. The maximum Gasteiger partial charge on any atom is 0.247 e. The summed E-state index contributed by atoms with van der Waals surface area (Å²) in [4.78, 5) is 25.4. The molecule has 0 aliphatic rings. The fourth-order valence-electron chi connectivity index (χ4n) is 4.03. The first kappa shape index (κ1) is 26.2. The zero-order valence-electron chi connectivity index (χ0n) is 21.9. The fraction of sp³-hybridized carbons (Fsp3) is 0.214. The molecule has 4 rings (SSSR count). The molecule has 2 N–H and O–H groups in total. The number of likely N-dealkylation sites (N-methyl/N-ethyl adjacent to an activating group) is 2. The molecule has 1 aromatic carbocycles. The van der Waals surface area contributed by atoms with Crippen LogP contribution in [-0.4, -0.2) is 66.5 Å². The van der Waals surface area contributed by atoms with E-state index in [4.69, 9.17) is 9.72 Å². The molecule has 10 nitrogen and oxygen atoms in total. The van der Waals surface area contributed by atoms with Crippen LogP contribution in [0, 0.1) is 11.3 Å². The maximum absolute atomic E-state index is 12.2. The highest BCUT2D eigenvalue weighted by molar-refractivity contribution is 6.02. The van der Waals surface area contributed by atoms with Crippen molar-refractivity contribution in [3.63, 3.8) is 0 Å². The lowest BCUT2D eigenvalue weighted by Gasteiger charge is -2.26. The second-order valence-corrected chi connectivity index (χ2v) is 8.89. The lowest BCUT2D eigenvalue weighted by atomic mass is 10.2. The number of nitrogens with zero attached hydrogens (tertiary/aromatic N) is 6. The average molecular weight is 511 g/mol. The monoisotopic (exact) mass is 510 g/mol. The van der Waals surface area contributed by atoms with E-state index < -0.39 is 0 Å². The summed E-state index contributed by atoms with van der Waals surface area (Å²) >= 11 is 0. The molecule has 0 unspecified atom stereocenters. The van der Waals surface area contributed by atoms with Crippen LogP contribution in [-0.2, 0) is 4.79 Å². The number of ether oxygens (including phenoxy) is 1. The highest BCUT2D eigenvalue weighted by Crippen LogP contribution is 2.38. The Kier molecular flexibility index (Phi) is 7.89. The quantitative estimate of drug-likeness (QED) is 0.306. The third-order valence-electron chi connectivity index (χ3n) is 6.02. The Balaban J connectivity index is 1.72. The largest absolute Gasteiger partial charge is 0.494 e. The molecule has 0 fully saturated rings. The predicted octanol–water partition coefficient (Wildman–Crippen LogP) is 4.14. The van der Waals surface area contributed by atoms with E-state index in [9.17, 15) is 10.1 Å². The summed E-state index contributed by atoms with van der Waals surface area (Å²) in [6.45, 7) is 5.13. The van der Waals surface area contributed by atoms with Gasteiger partial charge in [0.1, 0.15) is 11.8 Å². The molecular formula is C28H30N8O2. The Morgan fingerprint density at radius 3 is 2.71 bits per heavy atom. The number of methoxy groups -OCH3 is 1. The lowest BCUT2D eigenvalue weighted by Crippen LogP contribution is -2.29. The van der Waals surface area contributed by atoms with Crippen molar-refractivity contribution in [2.75, 3.05) is 56.9 Å². The van der Waals surface area contributed by atoms with E-state index >= 15 is 0 Å². The van der Waals surface area contributed by atoms with E-state index in [-0.39, 0.29) is 5.91 Å². The van der Waals surface area contributed by atoms with Gasteiger partial charge >= 0.3 is 0 Å². The van der Waals surface area contributed by atoms with Gasteiger partial charge < -0.3 is 29.6 Å². The minimum absolute atomic E-state index is 0.324. The van der Waals surface area contributed by atoms with Crippen LogP contribution < -0.4 is 20.3 Å². The molecule has 0 aliphatic heterocycles. The Morgan fingerprint density at radius 2 is 2.00 bits per heavy atom. The average Bonchev–Trinajstić information content (AvgIpc) is 3.31. The molecule has 3 heterocycles. The minimum atomic E-state index is -0.324. The first-order chi connectivity index (χ1) is 18.3. The van der Waals surface area contributed by atoms with Gasteiger partial charge in [0.15, 0.2) is 0 Å². The van der Waals surface area contributed by atoms with Gasteiger partial charge in [-0.25, -0.2) is 9.97 Å². The molecule has 38 heavy (non-hydrogen) atoms. The highest BCUT2D eigenvalue weighted by Gasteiger charge is 2.17. The van der Waals surface area contributed by atoms with E-state index in [1.54, 1.807) is 25.4 Å². The van der Waals surface area contributed by atoms with E-state index in [0.717, 1.165) is 30.0 Å². The number of pyridine rings is 1. The normalized spacial score (nSPS) is 10.7. The highest BCUT2D eigenvalue weighted by atomic mass is 16.5. The van der Waals surface area contributed by atoms with E-state index in [2.05, 4.69) is 33.2 Å². The van der Waals surface area contributed by atoms with E-state index in [1.165, 1.54) is 6.08 Å². The molecule has 0 spiro atoms. The van der Waals surface area contributed by atoms with Gasteiger partial charge in [0.2, 0.25) is 11.9 Å². The van der Waals surface area contributed by atoms with Gasteiger partial charge in [0, 0.05) is 38.6 Å². The van der Waals surface area contributed by atoms with Crippen molar-refractivity contribution in [3.8, 4) is 23.2 Å². The molecule has 0 aliphatic carbocycles. The zero-order valence-corrected chi connectivity index (χ0v) is 21.9. The maximum atomic E-state index is 12.2. The Morgan fingerprint density at radius 1 is 1.18 bits per heavy atom. The molecule has 194 valence electrons. The number of aromatic nitrogens is 3. The van der Waals surface area contributed by atoms with Crippen molar-refractivity contribution in [2.45, 2.75) is 0 Å². The van der Waals surface area contributed by atoms with Crippen molar-refractivity contribution in [1.29, 1.82) is 5.26 Å². The number of carbonyl (C=O) groups excluding carboxylic acids is 1. The van der Waals surface area contributed by atoms with Crippen LogP contribution >= 0.6 is 0 Å². The molecule has 0 bridgehead atoms. The van der Waals surface area contributed by atoms with Crippen molar-refractivity contribution in [1.82, 2.24) is 19.3 Å². The van der Waals surface area contributed by atoms with Gasteiger partial charge in [0.25, 0.3) is 0 Å². The summed E-state index contributed by atoms with van der Waals surface area (Å²) < 4.78 is 7.61. The number of rotatable bonds is 10. The van der Waals surface area contributed by atoms with Crippen LogP contribution in [0.2, 0.25) is 0 Å². The van der Waals surface area contributed by atoms with Crippen molar-refractivity contribution < 1.29 is 9.53 Å². The summed E-state index contributed by atoms with van der Waals surface area (Å²) in [6, 6.07) is 15.2. The van der Waals surface area contributed by atoms with Gasteiger partial charge in [-0.2, -0.15) is 5.26 Å². The molecule has 1 amide bonds. The third-order valence-corrected chi connectivity index (χ3v) is 6.02. The molecular weight excluding hydrogens is 480 g/mol. The zero-order chi connectivity index (χ0) is 27.2. The molecule has 0 radical (unpaired) electrons. The van der Waals surface area contributed by atoms with E-state index in [0.29, 0.717) is 34.3 Å². The summed E-state index contributed by atoms with van der Waals surface area (Å²) in [6.07, 6.45) is 4.77. The number of benzene rings is 1. The summed E-state index contributed by atoms with van der Waals surface area (Å²) in [5.74, 6) is 0.567.